The number of hydrogen-bond donors (Lipinski definition) is 3. The lowest BCUT2D eigenvalue weighted by molar-refractivity contribution is -0.137. The van der Waals surface area contributed by atoms with Crippen LogP contribution in [0.4, 0.5) is 5.69 Å². The molecule has 0 spiro atoms. The van der Waals surface area contributed by atoms with Gasteiger partial charge in [-0.1, -0.05) is 12.1 Å². The molecule has 1 aliphatic rings. The van der Waals surface area contributed by atoms with Gasteiger partial charge in [-0.2, -0.15) is 0 Å². The van der Waals surface area contributed by atoms with Gasteiger partial charge < -0.3 is 15.4 Å². The molecule has 5 heteroatoms. The topological polar surface area (TPSA) is 82.2 Å². The number of amides is 1. The number of rotatable bonds is 4. The van der Waals surface area contributed by atoms with Crippen molar-refractivity contribution in [2.24, 2.45) is 0 Å². The van der Waals surface area contributed by atoms with E-state index in [4.69, 9.17) is 5.11 Å². The summed E-state index contributed by atoms with van der Waals surface area (Å²) in [7, 11) is 0. The highest BCUT2D eigenvalue weighted by molar-refractivity contribution is 6.35. The highest BCUT2D eigenvalue weighted by Gasteiger charge is 2.25. The van der Waals surface area contributed by atoms with Crippen LogP contribution in [-0.2, 0) is 16.0 Å². The number of carboxylic acids is 1. The maximum absolute atomic E-state index is 12.2. The second kappa shape index (κ2) is 5.76. The van der Waals surface area contributed by atoms with Crippen LogP contribution in [0, 0.1) is 13.8 Å². The van der Waals surface area contributed by atoms with Gasteiger partial charge in [-0.15, -0.1) is 0 Å². The molecule has 1 amide bonds. The van der Waals surface area contributed by atoms with Gasteiger partial charge in [0.25, 0.3) is 5.91 Å². The van der Waals surface area contributed by atoms with Crippen LogP contribution in [0.15, 0.2) is 24.4 Å². The molecule has 1 aromatic carbocycles. The Morgan fingerprint density at radius 3 is 2.83 bits per heavy atom. The molecule has 0 bridgehead atoms. The number of H-pyrrole nitrogens is 1. The number of benzene rings is 1. The zero-order valence-corrected chi connectivity index (χ0v) is 13.1. The number of aromatic amines is 1. The van der Waals surface area contributed by atoms with Crippen molar-refractivity contribution in [1.29, 1.82) is 0 Å². The average molecular weight is 310 g/mol. The highest BCUT2D eigenvalue weighted by Crippen LogP contribution is 2.35. The molecule has 0 aliphatic carbocycles. The molecule has 3 rings (SSSR count). The fraction of sp³-hybridized carbons (Fsp3) is 0.222. The quantitative estimate of drug-likeness (QED) is 0.759. The maximum atomic E-state index is 12.2. The monoisotopic (exact) mass is 310 g/mol. The molecule has 5 nitrogen and oxygen atoms in total. The van der Waals surface area contributed by atoms with E-state index < -0.39 is 5.97 Å². The van der Waals surface area contributed by atoms with Gasteiger partial charge in [0.05, 0.1) is 5.57 Å². The number of hydrogen-bond acceptors (Lipinski definition) is 2. The summed E-state index contributed by atoms with van der Waals surface area (Å²) in [5.74, 6) is -0.930. The maximum Gasteiger partial charge on any atom is 0.303 e. The predicted molar refractivity (Wildman–Crippen MR) is 89.2 cm³/mol. The molecule has 0 unspecified atom stereocenters. The molecule has 2 aromatic rings. The summed E-state index contributed by atoms with van der Waals surface area (Å²) >= 11 is 0. The first-order valence-electron chi connectivity index (χ1n) is 7.49. The third-order valence-electron chi connectivity index (χ3n) is 4.22. The minimum absolute atomic E-state index is 0.0944. The number of anilines is 1. The minimum Gasteiger partial charge on any atom is -0.481 e. The number of carbonyl (C=O) groups is 2. The largest absolute Gasteiger partial charge is 0.481 e. The van der Waals surface area contributed by atoms with E-state index in [-0.39, 0.29) is 12.3 Å². The fourth-order valence-corrected chi connectivity index (χ4v) is 2.92. The second-order valence-electron chi connectivity index (χ2n) is 5.76. The van der Waals surface area contributed by atoms with E-state index in [0.29, 0.717) is 12.0 Å². The first-order chi connectivity index (χ1) is 11.0. The van der Waals surface area contributed by atoms with Crippen molar-refractivity contribution in [2.75, 3.05) is 5.32 Å². The third kappa shape index (κ3) is 2.77. The average Bonchev–Trinajstić information content (AvgIpc) is 3.00. The normalized spacial score (nSPS) is 14.9. The van der Waals surface area contributed by atoms with Gasteiger partial charge in [0.2, 0.25) is 0 Å². The van der Waals surface area contributed by atoms with Crippen molar-refractivity contribution in [3.8, 4) is 0 Å². The first kappa shape index (κ1) is 15.1. The van der Waals surface area contributed by atoms with Crippen LogP contribution in [0.2, 0.25) is 0 Å². The smallest absolute Gasteiger partial charge is 0.303 e. The minimum atomic E-state index is -0.815. The molecule has 0 radical (unpaired) electrons. The lowest BCUT2D eigenvalue weighted by Crippen LogP contribution is -2.03. The van der Waals surface area contributed by atoms with Crippen molar-refractivity contribution in [3.05, 3.63) is 52.3 Å². The van der Waals surface area contributed by atoms with Crippen LogP contribution in [0.25, 0.3) is 11.6 Å². The Balaban J connectivity index is 1.97. The van der Waals surface area contributed by atoms with E-state index in [1.54, 1.807) is 0 Å². The molecule has 118 valence electrons. The Bertz CT molecular complexity index is 831. The van der Waals surface area contributed by atoms with E-state index >= 15 is 0 Å². The summed E-state index contributed by atoms with van der Waals surface area (Å²) in [5.41, 5.74) is 6.22. The summed E-state index contributed by atoms with van der Waals surface area (Å²) in [5, 5.41) is 11.7. The number of carboxylic acid groups (broad SMARTS) is 1. The molecule has 0 fully saturated rings. The molecule has 0 atom stereocenters. The molecule has 0 saturated carbocycles. The summed E-state index contributed by atoms with van der Waals surface area (Å²) in [6.07, 6.45) is 4.23. The van der Waals surface area contributed by atoms with E-state index in [9.17, 15) is 9.59 Å². The van der Waals surface area contributed by atoms with E-state index in [2.05, 4.69) is 10.3 Å². The van der Waals surface area contributed by atoms with Crippen molar-refractivity contribution >= 4 is 29.2 Å². The number of nitrogens with one attached hydrogen (secondary N) is 2. The van der Waals surface area contributed by atoms with Gasteiger partial charge in [-0.3, -0.25) is 9.59 Å². The summed E-state index contributed by atoms with van der Waals surface area (Å²) in [6, 6.07) is 5.79. The Kier molecular flexibility index (Phi) is 3.78. The number of aromatic nitrogens is 1. The Morgan fingerprint density at radius 1 is 1.30 bits per heavy atom. The van der Waals surface area contributed by atoms with Gasteiger partial charge >= 0.3 is 5.97 Å². The molecule has 1 aromatic heterocycles. The van der Waals surface area contributed by atoms with E-state index in [1.807, 2.05) is 44.3 Å². The number of carbonyl (C=O) groups excluding carboxylic acids is 1. The van der Waals surface area contributed by atoms with Crippen LogP contribution in [-0.4, -0.2) is 22.0 Å². The van der Waals surface area contributed by atoms with E-state index in [1.165, 1.54) is 0 Å². The van der Waals surface area contributed by atoms with Gasteiger partial charge in [0, 0.05) is 29.6 Å². The SMILES string of the molecule is Cc1cccc2c1/C(=C/c1[nH]cc(CCC(=O)O)c1C)C(=O)N2. The molecular formula is C18H18N2O3. The molecule has 3 N–H and O–H groups in total. The molecule has 2 heterocycles. The first-order valence-corrected chi connectivity index (χ1v) is 7.49. The van der Waals surface area contributed by atoms with Gasteiger partial charge in [-0.05, 0) is 49.1 Å². The standard InChI is InChI=1S/C18H18N2O3/c1-10-4-3-5-14-17(10)13(18(23)20-14)8-15-11(2)12(9-19-15)6-7-16(21)22/h3-5,8-9,19H,6-7H2,1-2H3,(H,20,23)(H,21,22)/b13-8-. The summed E-state index contributed by atoms with van der Waals surface area (Å²) in [6.45, 7) is 3.92. The third-order valence-corrected chi connectivity index (χ3v) is 4.22. The Morgan fingerprint density at radius 2 is 2.09 bits per heavy atom. The Hall–Kier alpha value is -2.82. The molecule has 1 aliphatic heterocycles. The van der Waals surface area contributed by atoms with Crippen LogP contribution in [0.3, 0.4) is 0 Å². The molecular weight excluding hydrogens is 292 g/mol. The van der Waals surface area contributed by atoms with Crippen molar-refractivity contribution < 1.29 is 14.7 Å². The van der Waals surface area contributed by atoms with Crippen LogP contribution >= 0.6 is 0 Å². The number of aliphatic carboxylic acids is 1. The number of fused-ring (bicyclic) bond motifs is 1. The molecule has 0 saturated heterocycles. The summed E-state index contributed by atoms with van der Waals surface area (Å²) in [4.78, 5) is 26.1. The zero-order valence-electron chi connectivity index (χ0n) is 13.1. The van der Waals surface area contributed by atoms with Gasteiger partial charge in [0.15, 0.2) is 0 Å². The van der Waals surface area contributed by atoms with Crippen molar-refractivity contribution in [2.45, 2.75) is 26.7 Å². The Labute approximate surface area is 134 Å². The lowest BCUT2D eigenvalue weighted by atomic mass is 9.99. The fourth-order valence-electron chi connectivity index (χ4n) is 2.92. The predicted octanol–water partition coefficient (Wildman–Crippen LogP) is 3.14. The zero-order chi connectivity index (χ0) is 16.6. The molecule has 23 heavy (non-hydrogen) atoms. The van der Waals surface area contributed by atoms with E-state index in [0.717, 1.165) is 33.6 Å². The van der Waals surface area contributed by atoms with Crippen LogP contribution in [0.5, 0.6) is 0 Å². The number of aryl methyl sites for hydroxylation is 2. The van der Waals surface area contributed by atoms with Crippen molar-refractivity contribution in [3.63, 3.8) is 0 Å². The van der Waals surface area contributed by atoms with Gasteiger partial charge in [0.1, 0.15) is 0 Å². The van der Waals surface area contributed by atoms with Gasteiger partial charge in [-0.25, -0.2) is 0 Å². The van der Waals surface area contributed by atoms with Crippen molar-refractivity contribution in [1.82, 2.24) is 4.98 Å². The summed E-state index contributed by atoms with van der Waals surface area (Å²) < 4.78 is 0. The highest BCUT2D eigenvalue weighted by atomic mass is 16.4. The van der Waals surface area contributed by atoms with Crippen LogP contribution < -0.4 is 5.32 Å². The van der Waals surface area contributed by atoms with Crippen LogP contribution in [0.1, 0.15) is 34.4 Å². The second-order valence-corrected chi connectivity index (χ2v) is 5.76. The lowest BCUT2D eigenvalue weighted by Gasteiger charge is -2.03.